The molecule has 8 heteroatoms. The molecule has 2 heterocycles. The lowest BCUT2D eigenvalue weighted by atomic mass is 10.1. The van der Waals surface area contributed by atoms with Gasteiger partial charge in [-0.3, -0.25) is 19.3 Å². The molecule has 2 aromatic rings. The number of nitrogens with one attached hydrogen (secondary N) is 1. The smallest absolute Gasteiger partial charge is 0.275 e. The lowest BCUT2D eigenvalue weighted by molar-refractivity contribution is -0.122. The molecular formula is C22H31N5O3. The number of aromatic nitrogens is 2. The van der Waals surface area contributed by atoms with Gasteiger partial charge in [-0.2, -0.15) is 5.10 Å². The lowest BCUT2D eigenvalue weighted by Gasteiger charge is -2.34. The van der Waals surface area contributed by atoms with Crippen molar-refractivity contribution in [3.8, 4) is 0 Å². The summed E-state index contributed by atoms with van der Waals surface area (Å²) >= 11 is 0. The van der Waals surface area contributed by atoms with E-state index in [2.05, 4.69) is 17.3 Å². The molecule has 1 aliphatic heterocycles. The number of fused-ring (bicyclic) bond motifs is 1. The number of unbranched alkanes of at least 4 members (excludes halogenated alkanes) is 2. The topological polar surface area (TPSA) is 87.5 Å². The Morgan fingerprint density at radius 3 is 2.40 bits per heavy atom. The first-order chi connectivity index (χ1) is 14.5. The van der Waals surface area contributed by atoms with Crippen molar-refractivity contribution in [2.45, 2.75) is 39.7 Å². The van der Waals surface area contributed by atoms with Crippen molar-refractivity contribution in [1.82, 2.24) is 24.9 Å². The molecule has 3 rings (SSSR count). The molecule has 0 saturated carbocycles. The summed E-state index contributed by atoms with van der Waals surface area (Å²) in [5.74, 6) is -0.155. The van der Waals surface area contributed by atoms with Gasteiger partial charge in [0.05, 0.1) is 11.9 Å². The zero-order chi connectivity index (χ0) is 21.5. The standard InChI is InChI=1S/C22H31N5O3/c1-3-5-8-11-27-21(29)18-10-7-6-9-17(18)20(24-27)22(30)26-14-12-25(13-15-26)16-19(28)23-4-2/h6-7,9-10H,3-5,8,11-16H2,1-2H3,(H,23,28). The second kappa shape index (κ2) is 10.3. The largest absolute Gasteiger partial charge is 0.355 e. The van der Waals surface area contributed by atoms with E-state index in [1.54, 1.807) is 17.0 Å². The van der Waals surface area contributed by atoms with Gasteiger partial charge in [-0.05, 0) is 19.4 Å². The van der Waals surface area contributed by atoms with Gasteiger partial charge in [0.1, 0.15) is 0 Å². The van der Waals surface area contributed by atoms with Crippen molar-refractivity contribution in [3.63, 3.8) is 0 Å². The first-order valence-electron chi connectivity index (χ1n) is 10.8. The Kier molecular flexibility index (Phi) is 7.57. The molecule has 0 unspecified atom stereocenters. The number of carbonyl (C=O) groups excluding carboxylic acids is 2. The van der Waals surface area contributed by atoms with E-state index in [4.69, 9.17) is 0 Å². The van der Waals surface area contributed by atoms with E-state index in [9.17, 15) is 14.4 Å². The third-order valence-electron chi connectivity index (χ3n) is 5.44. The van der Waals surface area contributed by atoms with Gasteiger partial charge < -0.3 is 10.2 Å². The highest BCUT2D eigenvalue weighted by Gasteiger charge is 2.26. The molecule has 0 atom stereocenters. The molecular weight excluding hydrogens is 382 g/mol. The normalized spacial score (nSPS) is 14.8. The van der Waals surface area contributed by atoms with E-state index < -0.39 is 0 Å². The van der Waals surface area contributed by atoms with Crippen LogP contribution in [0.15, 0.2) is 29.1 Å². The first-order valence-corrected chi connectivity index (χ1v) is 10.8. The van der Waals surface area contributed by atoms with Gasteiger partial charge in [-0.1, -0.05) is 38.0 Å². The van der Waals surface area contributed by atoms with Crippen LogP contribution in [-0.4, -0.2) is 70.7 Å². The number of piperazine rings is 1. The predicted molar refractivity (Wildman–Crippen MR) is 117 cm³/mol. The molecule has 0 spiro atoms. The van der Waals surface area contributed by atoms with Gasteiger partial charge >= 0.3 is 0 Å². The third kappa shape index (κ3) is 5.05. The lowest BCUT2D eigenvalue weighted by Crippen LogP contribution is -2.51. The second-order valence-electron chi connectivity index (χ2n) is 7.65. The Balaban J connectivity index is 1.78. The van der Waals surface area contributed by atoms with Crippen LogP contribution in [0.4, 0.5) is 0 Å². The van der Waals surface area contributed by atoms with E-state index in [0.717, 1.165) is 19.3 Å². The number of nitrogens with zero attached hydrogens (tertiary/aromatic N) is 4. The zero-order valence-electron chi connectivity index (χ0n) is 17.9. The summed E-state index contributed by atoms with van der Waals surface area (Å²) in [7, 11) is 0. The van der Waals surface area contributed by atoms with Crippen LogP contribution < -0.4 is 10.9 Å². The summed E-state index contributed by atoms with van der Waals surface area (Å²) in [6, 6.07) is 7.19. The van der Waals surface area contributed by atoms with Crippen LogP contribution in [0.2, 0.25) is 0 Å². The number of hydrogen-bond acceptors (Lipinski definition) is 5. The fraction of sp³-hybridized carbons (Fsp3) is 0.545. The van der Waals surface area contributed by atoms with Crippen molar-refractivity contribution in [2.75, 3.05) is 39.3 Å². The van der Waals surface area contributed by atoms with E-state index in [1.165, 1.54) is 4.68 Å². The maximum atomic E-state index is 13.3. The van der Waals surface area contributed by atoms with Crippen LogP contribution in [0.3, 0.4) is 0 Å². The van der Waals surface area contributed by atoms with Crippen LogP contribution in [0.5, 0.6) is 0 Å². The number of likely N-dealkylation sites (N-methyl/N-ethyl adjacent to an activating group) is 1. The first kappa shape index (κ1) is 22.0. The summed E-state index contributed by atoms with van der Waals surface area (Å²) < 4.78 is 1.44. The van der Waals surface area contributed by atoms with E-state index >= 15 is 0 Å². The molecule has 0 radical (unpaired) electrons. The van der Waals surface area contributed by atoms with Crippen molar-refractivity contribution in [3.05, 3.63) is 40.3 Å². The number of hydrogen-bond donors (Lipinski definition) is 1. The van der Waals surface area contributed by atoms with Gasteiger partial charge in [0.25, 0.3) is 11.5 Å². The molecule has 1 aromatic heterocycles. The Labute approximate surface area is 176 Å². The van der Waals surface area contributed by atoms with Gasteiger partial charge in [0, 0.05) is 44.7 Å². The van der Waals surface area contributed by atoms with Gasteiger partial charge in [0.2, 0.25) is 5.91 Å². The number of benzene rings is 1. The van der Waals surface area contributed by atoms with Gasteiger partial charge in [-0.25, -0.2) is 4.68 Å². The Morgan fingerprint density at radius 2 is 1.73 bits per heavy atom. The van der Waals surface area contributed by atoms with Gasteiger partial charge in [-0.15, -0.1) is 0 Å². The van der Waals surface area contributed by atoms with Crippen LogP contribution in [0, 0.1) is 0 Å². The van der Waals surface area contributed by atoms with Crippen molar-refractivity contribution in [1.29, 1.82) is 0 Å². The minimum Gasteiger partial charge on any atom is -0.355 e. The molecule has 2 amide bonds. The maximum absolute atomic E-state index is 13.3. The quantitative estimate of drug-likeness (QED) is 0.663. The average molecular weight is 414 g/mol. The van der Waals surface area contributed by atoms with Crippen LogP contribution in [0.1, 0.15) is 43.6 Å². The van der Waals surface area contributed by atoms with Crippen LogP contribution >= 0.6 is 0 Å². The van der Waals surface area contributed by atoms with E-state index in [-0.39, 0.29) is 17.4 Å². The van der Waals surface area contributed by atoms with E-state index in [0.29, 0.717) is 62.3 Å². The zero-order valence-corrected chi connectivity index (χ0v) is 17.9. The fourth-order valence-corrected chi connectivity index (χ4v) is 3.77. The SMILES string of the molecule is CCCCCn1nc(C(=O)N2CCN(CC(=O)NCC)CC2)c2ccccc2c1=O. The molecule has 0 bridgehead atoms. The predicted octanol–water partition coefficient (Wildman–Crippen LogP) is 1.48. The highest BCUT2D eigenvalue weighted by atomic mass is 16.2. The monoisotopic (exact) mass is 413 g/mol. The molecule has 1 saturated heterocycles. The van der Waals surface area contributed by atoms with Crippen molar-refractivity contribution < 1.29 is 9.59 Å². The molecule has 1 N–H and O–H groups in total. The molecule has 162 valence electrons. The van der Waals surface area contributed by atoms with Crippen molar-refractivity contribution in [2.24, 2.45) is 0 Å². The van der Waals surface area contributed by atoms with Crippen molar-refractivity contribution >= 4 is 22.6 Å². The Hall–Kier alpha value is -2.74. The summed E-state index contributed by atoms with van der Waals surface area (Å²) in [5.41, 5.74) is 0.184. The van der Waals surface area contributed by atoms with E-state index in [1.807, 2.05) is 24.0 Å². The van der Waals surface area contributed by atoms with Gasteiger partial charge in [0.15, 0.2) is 5.69 Å². The highest BCUT2D eigenvalue weighted by Crippen LogP contribution is 2.16. The molecule has 8 nitrogen and oxygen atoms in total. The third-order valence-corrected chi connectivity index (χ3v) is 5.44. The van der Waals surface area contributed by atoms with Crippen LogP contribution in [0.25, 0.3) is 10.8 Å². The maximum Gasteiger partial charge on any atom is 0.275 e. The highest BCUT2D eigenvalue weighted by molar-refractivity contribution is 6.04. The summed E-state index contributed by atoms with van der Waals surface area (Å²) in [6.07, 6.45) is 2.92. The molecule has 30 heavy (non-hydrogen) atoms. The number of rotatable bonds is 8. The molecule has 1 aliphatic rings. The summed E-state index contributed by atoms with van der Waals surface area (Å²) in [5, 5.41) is 8.41. The average Bonchev–Trinajstić information content (AvgIpc) is 2.76. The molecule has 1 fully saturated rings. The molecule has 1 aromatic carbocycles. The fourth-order valence-electron chi connectivity index (χ4n) is 3.77. The summed E-state index contributed by atoms with van der Waals surface area (Å²) in [4.78, 5) is 41.7. The second-order valence-corrected chi connectivity index (χ2v) is 7.65. The Morgan fingerprint density at radius 1 is 1.03 bits per heavy atom. The summed E-state index contributed by atoms with van der Waals surface area (Å²) in [6.45, 7) is 7.81. The van der Waals surface area contributed by atoms with Crippen LogP contribution in [-0.2, 0) is 11.3 Å². The Bertz CT molecular complexity index is 947. The minimum absolute atomic E-state index is 0.00379. The number of amides is 2. The number of carbonyl (C=O) groups is 2. The molecule has 0 aliphatic carbocycles. The number of aryl methyl sites for hydroxylation is 1. The minimum atomic E-state index is -0.159.